The fourth-order valence-electron chi connectivity index (χ4n) is 1.61. The van der Waals surface area contributed by atoms with Gasteiger partial charge in [0.2, 0.25) is 0 Å². The normalized spacial score (nSPS) is 10.6. The van der Waals surface area contributed by atoms with Gasteiger partial charge in [-0.3, -0.25) is 4.79 Å². The molecular formula is C11H14N4O2. The number of imidazole rings is 1. The molecule has 0 bridgehead atoms. The number of fused-ring (bicyclic) bond motifs is 1. The van der Waals surface area contributed by atoms with Gasteiger partial charge >= 0.3 is 5.97 Å². The van der Waals surface area contributed by atoms with Crippen molar-refractivity contribution in [1.82, 2.24) is 19.5 Å². The number of nitrogens with zero attached hydrogens (tertiary/aromatic N) is 4. The fraction of sp³-hybridized carbons (Fsp3) is 0.455. The molecule has 2 heterocycles. The van der Waals surface area contributed by atoms with E-state index < -0.39 is 0 Å². The number of carbonyl (C=O) groups is 1. The van der Waals surface area contributed by atoms with Crippen molar-refractivity contribution in [1.29, 1.82) is 0 Å². The van der Waals surface area contributed by atoms with Crippen LogP contribution >= 0.6 is 0 Å². The lowest BCUT2D eigenvalue weighted by atomic mass is 10.3. The van der Waals surface area contributed by atoms with Crippen molar-refractivity contribution in [2.24, 2.45) is 0 Å². The molecule has 0 atom stereocenters. The van der Waals surface area contributed by atoms with Crippen LogP contribution in [0.2, 0.25) is 0 Å². The lowest BCUT2D eigenvalue weighted by Gasteiger charge is -2.03. The maximum atomic E-state index is 11.2. The summed E-state index contributed by atoms with van der Waals surface area (Å²) in [6, 6.07) is 0. The Hall–Kier alpha value is -1.98. The quantitative estimate of drug-likeness (QED) is 0.726. The molecule has 0 amide bonds. The van der Waals surface area contributed by atoms with Crippen molar-refractivity contribution >= 4 is 17.1 Å². The number of esters is 1. The molecule has 2 rings (SSSR count). The molecule has 0 fully saturated rings. The molecule has 0 unspecified atom stereocenters. The number of aromatic nitrogens is 4. The van der Waals surface area contributed by atoms with Crippen LogP contribution in [-0.2, 0) is 16.1 Å². The summed E-state index contributed by atoms with van der Waals surface area (Å²) in [4.78, 5) is 23.4. The van der Waals surface area contributed by atoms with E-state index in [-0.39, 0.29) is 5.97 Å². The zero-order chi connectivity index (χ0) is 12.1. The van der Waals surface area contributed by atoms with Crippen molar-refractivity contribution in [3.63, 3.8) is 0 Å². The Balaban J connectivity index is 1.93. The van der Waals surface area contributed by atoms with Crippen LogP contribution in [0.5, 0.6) is 0 Å². The summed E-state index contributed by atoms with van der Waals surface area (Å²) in [6.07, 6.45) is 6.01. The smallest absolute Gasteiger partial charge is 0.305 e. The van der Waals surface area contributed by atoms with Gasteiger partial charge in [0, 0.05) is 13.0 Å². The molecule has 17 heavy (non-hydrogen) atoms. The fourth-order valence-corrected chi connectivity index (χ4v) is 1.61. The SMILES string of the molecule is CCOC(=O)CCCn1cnc2cncnc21. The zero-order valence-electron chi connectivity index (χ0n) is 9.67. The summed E-state index contributed by atoms with van der Waals surface area (Å²) < 4.78 is 6.77. The van der Waals surface area contributed by atoms with E-state index in [1.807, 2.05) is 4.57 Å². The van der Waals surface area contributed by atoms with Crippen molar-refractivity contribution in [3.05, 3.63) is 18.9 Å². The lowest BCUT2D eigenvalue weighted by molar-refractivity contribution is -0.143. The number of rotatable bonds is 5. The van der Waals surface area contributed by atoms with Crippen LogP contribution in [0.25, 0.3) is 11.2 Å². The highest BCUT2D eigenvalue weighted by Crippen LogP contribution is 2.08. The highest BCUT2D eigenvalue weighted by Gasteiger charge is 2.05. The van der Waals surface area contributed by atoms with E-state index in [1.165, 1.54) is 6.33 Å². The first-order valence-corrected chi connectivity index (χ1v) is 5.57. The second-order valence-corrected chi connectivity index (χ2v) is 3.58. The van der Waals surface area contributed by atoms with Gasteiger partial charge in [0.1, 0.15) is 11.8 Å². The molecule has 6 heteroatoms. The maximum absolute atomic E-state index is 11.2. The first-order chi connectivity index (χ1) is 8.31. The van der Waals surface area contributed by atoms with Gasteiger partial charge in [-0.15, -0.1) is 0 Å². The summed E-state index contributed by atoms with van der Waals surface area (Å²) in [7, 11) is 0. The molecule has 0 N–H and O–H groups in total. The third-order valence-corrected chi connectivity index (χ3v) is 2.37. The first-order valence-electron chi connectivity index (χ1n) is 5.57. The third-order valence-electron chi connectivity index (χ3n) is 2.37. The van der Waals surface area contributed by atoms with E-state index >= 15 is 0 Å². The van der Waals surface area contributed by atoms with Crippen LogP contribution in [0, 0.1) is 0 Å². The van der Waals surface area contributed by atoms with Gasteiger partial charge in [0.25, 0.3) is 0 Å². The summed E-state index contributed by atoms with van der Waals surface area (Å²) in [5.74, 6) is -0.161. The minimum absolute atomic E-state index is 0.161. The Morgan fingerprint density at radius 3 is 3.18 bits per heavy atom. The van der Waals surface area contributed by atoms with Gasteiger partial charge in [-0.1, -0.05) is 0 Å². The van der Waals surface area contributed by atoms with Gasteiger partial charge in [0.05, 0.1) is 19.1 Å². The van der Waals surface area contributed by atoms with E-state index in [9.17, 15) is 4.79 Å². The van der Waals surface area contributed by atoms with Gasteiger partial charge < -0.3 is 9.30 Å². The second kappa shape index (κ2) is 5.38. The van der Waals surface area contributed by atoms with Gasteiger partial charge in [-0.05, 0) is 13.3 Å². The summed E-state index contributed by atoms with van der Waals surface area (Å²) in [5.41, 5.74) is 1.56. The number of carbonyl (C=O) groups excluding carboxylic acids is 1. The predicted octanol–water partition coefficient (Wildman–Crippen LogP) is 1.17. The molecule has 0 radical (unpaired) electrons. The monoisotopic (exact) mass is 234 g/mol. The molecule has 90 valence electrons. The van der Waals surface area contributed by atoms with E-state index in [2.05, 4.69) is 15.0 Å². The second-order valence-electron chi connectivity index (χ2n) is 3.58. The minimum atomic E-state index is -0.161. The Bertz CT molecular complexity index is 509. The van der Waals surface area contributed by atoms with Crippen LogP contribution in [0.4, 0.5) is 0 Å². The molecule has 0 aliphatic heterocycles. The van der Waals surface area contributed by atoms with Crippen LogP contribution in [0.1, 0.15) is 19.8 Å². The topological polar surface area (TPSA) is 69.9 Å². The molecule has 0 aromatic carbocycles. The van der Waals surface area contributed by atoms with E-state index in [1.54, 1.807) is 19.4 Å². The minimum Gasteiger partial charge on any atom is -0.466 e. The number of hydrogen-bond acceptors (Lipinski definition) is 5. The molecule has 2 aromatic rings. The molecule has 0 saturated carbocycles. The molecule has 0 aliphatic rings. The average Bonchev–Trinajstić information content (AvgIpc) is 2.73. The number of aryl methyl sites for hydroxylation is 1. The average molecular weight is 234 g/mol. The van der Waals surface area contributed by atoms with Crippen LogP contribution in [0.3, 0.4) is 0 Å². The number of hydrogen-bond donors (Lipinski definition) is 0. The summed E-state index contributed by atoms with van der Waals surface area (Å²) >= 11 is 0. The van der Waals surface area contributed by atoms with Crippen LogP contribution in [-0.4, -0.2) is 32.1 Å². The summed E-state index contributed by atoms with van der Waals surface area (Å²) in [6.45, 7) is 2.94. The molecule has 0 saturated heterocycles. The van der Waals surface area contributed by atoms with E-state index in [4.69, 9.17) is 4.74 Å². The van der Waals surface area contributed by atoms with Gasteiger partial charge in [0.15, 0.2) is 5.65 Å². The third kappa shape index (κ3) is 2.77. The van der Waals surface area contributed by atoms with Crippen LogP contribution < -0.4 is 0 Å². The van der Waals surface area contributed by atoms with Crippen molar-refractivity contribution in [2.75, 3.05) is 6.61 Å². The van der Waals surface area contributed by atoms with E-state index in [0.29, 0.717) is 26.0 Å². The molecule has 6 nitrogen and oxygen atoms in total. The number of ether oxygens (including phenoxy) is 1. The molecule has 2 aromatic heterocycles. The first kappa shape index (κ1) is 11.5. The summed E-state index contributed by atoms with van der Waals surface area (Å²) in [5, 5.41) is 0. The van der Waals surface area contributed by atoms with E-state index in [0.717, 1.165) is 11.2 Å². The highest BCUT2D eigenvalue weighted by molar-refractivity contribution is 5.70. The Kier molecular flexibility index (Phi) is 3.64. The van der Waals surface area contributed by atoms with Gasteiger partial charge in [-0.25, -0.2) is 15.0 Å². The Morgan fingerprint density at radius 1 is 1.47 bits per heavy atom. The lowest BCUT2D eigenvalue weighted by Crippen LogP contribution is -2.06. The van der Waals surface area contributed by atoms with Gasteiger partial charge in [-0.2, -0.15) is 0 Å². The zero-order valence-corrected chi connectivity index (χ0v) is 9.67. The maximum Gasteiger partial charge on any atom is 0.305 e. The largest absolute Gasteiger partial charge is 0.466 e. The Labute approximate surface area is 98.7 Å². The Morgan fingerprint density at radius 2 is 2.35 bits per heavy atom. The molecular weight excluding hydrogens is 220 g/mol. The highest BCUT2D eigenvalue weighted by atomic mass is 16.5. The van der Waals surface area contributed by atoms with Crippen molar-refractivity contribution in [3.8, 4) is 0 Å². The van der Waals surface area contributed by atoms with Crippen LogP contribution in [0.15, 0.2) is 18.9 Å². The van der Waals surface area contributed by atoms with Crippen molar-refractivity contribution in [2.45, 2.75) is 26.3 Å². The van der Waals surface area contributed by atoms with Crippen molar-refractivity contribution < 1.29 is 9.53 Å². The molecule has 0 spiro atoms. The standard InChI is InChI=1S/C11H14N4O2/c1-2-17-10(16)4-3-5-15-8-14-9-6-12-7-13-11(9)15/h6-8H,2-5H2,1H3. The predicted molar refractivity (Wildman–Crippen MR) is 61.2 cm³/mol. The molecule has 0 aliphatic carbocycles.